The second-order valence-corrected chi connectivity index (χ2v) is 7.97. The molecule has 7 heteroatoms. The summed E-state index contributed by atoms with van der Waals surface area (Å²) in [6.07, 6.45) is 2.29. The number of thiophene rings is 1. The fourth-order valence-corrected chi connectivity index (χ4v) is 4.22. The van der Waals surface area contributed by atoms with Gasteiger partial charge in [-0.1, -0.05) is 12.8 Å². The number of nitrogens with one attached hydrogen (secondary N) is 1. The zero-order valence-electron chi connectivity index (χ0n) is 15.0. The molecular weight excluding hydrogens is 342 g/mol. The molecule has 1 aromatic heterocycles. The molecule has 0 saturated heterocycles. The van der Waals surface area contributed by atoms with Crippen molar-refractivity contribution >= 4 is 34.2 Å². The van der Waals surface area contributed by atoms with E-state index in [9.17, 15) is 19.5 Å². The quantitative estimate of drug-likeness (QED) is 0.808. The second kappa shape index (κ2) is 7.99. The van der Waals surface area contributed by atoms with E-state index in [0.29, 0.717) is 23.4 Å². The topological polar surface area (TPSA) is 95.5 Å². The number of hydrogen-bond donors (Lipinski definition) is 1. The fourth-order valence-electron chi connectivity index (χ4n) is 3.17. The third-order valence-electron chi connectivity index (χ3n) is 4.57. The molecule has 2 rings (SSSR count). The molecule has 1 aromatic rings. The monoisotopic (exact) mass is 366 g/mol. The summed E-state index contributed by atoms with van der Waals surface area (Å²) in [7, 11) is 0. The summed E-state index contributed by atoms with van der Waals surface area (Å²) in [5, 5.41) is 14.5. The molecule has 6 nitrogen and oxygen atoms in total. The van der Waals surface area contributed by atoms with Gasteiger partial charge in [0.1, 0.15) is 5.00 Å². The number of carbonyl (C=O) groups excluding carboxylic acids is 3. The second-order valence-electron chi connectivity index (χ2n) is 6.75. The van der Waals surface area contributed by atoms with Crippen molar-refractivity contribution < 1.29 is 24.2 Å². The smallest absolute Gasteiger partial charge is 0.341 e. The van der Waals surface area contributed by atoms with Crippen LogP contribution >= 0.6 is 11.3 Å². The Morgan fingerprint density at radius 3 is 2.32 bits per heavy atom. The molecular formula is C18H24NO5S-. The van der Waals surface area contributed by atoms with Gasteiger partial charge in [0, 0.05) is 22.7 Å². The summed E-state index contributed by atoms with van der Waals surface area (Å²) in [5.41, 5.74) is 1.12. The van der Waals surface area contributed by atoms with E-state index in [1.165, 1.54) is 11.3 Å². The first-order valence-corrected chi connectivity index (χ1v) is 9.36. The number of carboxylic acid groups (broad SMARTS) is 1. The molecule has 1 aliphatic carbocycles. The van der Waals surface area contributed by atoms with Gasteiger partial charge in [0.25, 0.3) is 0 Å². The summed E-state index contributed by atoms with van der Waals surface area (Å²) >= 11 is 1.30. The first-order valence-electron chi connectivity index (χ1n) is 8.55. The van der Waals surface area contributed by atoms with E-state index in [0.717, 1.165) is 23.3 Å². The standard InChI is InChI=1S/C18H25NO5S/c1-9(2)24-18(23)14-10(3)11(4)25-16(14)19-15(20)12-7-5-6-8-13(12)17(21)22/h9,12-13H,5-8H2,1-4H3,(H,19,20)(H,21,22)/p-1/t12-,13-/m0/s1. The van der Waals surface area contributed by atoms with E-state index in [-0.39, 0.29) is 12.0 Å². The number of amides is 1. The van der Waals surface area contributed by atoms with E-state index in [1.54, 1.807) is 13.8 Å². The fraction of sp³-hybridized carbons (Fsp3) is 0.611. The lowest BCUT2D eigenvalue weighted by Crippen LogP contribution is -2.42. The minimum Gasteiger partial charge on any atom is -0.550 e. The lowest BCUT2D eigenvalue weighted by Gasteiger charge is -2.31. The van der Waals surface area contributed by atoms with E-state index < -0.39 is 23.8 Å². The number of carboxylic acids is 1. The molecule has 0 aliphatic heterocycles. The van der Waals surface area contributed by atoms with Gasteiger partial charge >= 0.3 is 5.97 Å². The van der Waals surface area contributed by atoms with Crippen molar-refractivity contribution in [2.24, 2.45) is 11.8 Å². The maximum absolute atomic E-state index is 12.7. The number of hydrogen-bond acceptors (Lipinski definition) is 6. The Labute approximate surface area is 151 Å². The third-order valence-corrected chi connectivity index (χ3v) is 5.70. The van der Waals surface area contributed by atoms with Crippen molar-refractivity contribution in [1.82, 2.24) is 0 Å². The number of carbonyl (C=O) groups is 3. The van der Waals surface area contributed by atoms with E-state index >= 15 is 0 Å². The number of aliphatic carboxylic acids is 1. The van der Waals surface area contributed by atoms with Crippen LogP contribution in [0.15, 0.2) is 0 Å². The van der Waals surface area contributed by atoms with Crippen LogP contribution in [-0.2, 0) is 14.3 Å². The molecule has 0 unspecified atom stereocenters. The summed E-state index contributed by atoms with van der Waals surface area (Å²) < 4.78 is 5.27. The summed E-state index contributed by atoms with van der Waals surface area (Å²) in [5.74, 6) is -3.43. The van der Waals surface area contributed by atoms with E-state index in [1.807, 2.05) is 13.8 Å². The van der Waals surface area contributed by atoms with Crippen molar-refractivity contribution in [3.05, 3.63) is 16.0 Å². The predicted molar refractivity (Wildman–Crippen MR) is 93.4 cm³/mol. The van der Waals surface area contributed by atoms with Gasteiger partial charge in [-0.25, -0.2) is 4.79 Å². The molecule has 25 heavy (non-hydrogen) atoms. The van der Waals surface area contributed by atoms with Gasteiger partial charge in [0.2, 0.25) is 5.91 Å². The van der Waals surface area contributed by atoms with Gasteiger partial charge in [0.05, 0.1) is 11.7 Å². The average Bonchev–Trinajstić information content (AvgIpc) is 2.80. The van der Waals surface area contributed by atoms with Gasteiger partial charge in [-0.3, -0.25) is 4.79 Å². The minimum atomic E-state index is -1.18. The first kappa shape index (κ1) is 19.4. The third kappa shape index (κ3) is 4.39. The Morgan fingerprint density at radius 1 is 1.16 bits per heavy atom. The van der Waals surface area contributed by atoms with Crippen LogP contribution in [0.25, 0.3) is 0 Å². The summed E-state index contributed by atoms with van der Waals surface area (Å²) in [4.78, 5) is 37.2. The molecule has 0 bridgehead atoms. The molecule has 138 valence electrons. The van der Waals surface area contributed by atoms with Crippen LogP contribution < -0.4 is 10.4 Å². The highest BCUT2D eigenvalue weighted by Crippen LogP contribution is 2.36. The van der Waals surface area contributed by atoms with Gasteiger partial charge in [-0.15, -0.1) is 11.3 Å². The Kier molecular flexibility index (Phi) is 6.21. The number of anilines is 1. The summed E-state index contributed by atoms with van der Waals surface area (Å²) in [6, 6.07) is 0. The van der Waals surface area contributed by atoms with Crippen molar-refractivity contribution in [1.29, 1.82) is 0 Å². The molecule has 0 aromatic carbocycles. The normalized spacial score (nSPS) is 20.4. The van der Waals surface area contributed by atoms with Gasteiger partial charge in [-0.05, 0) is 46.1 Å². The van der Waals surface area contributed by atoms with Crippen LogP contribution in [0.3, 0.4) is 0 Å². The van der Waals surface area contributed by atoms with Crippen molar-refractivity contribution in [3.63, 3.8) is 0 Å². The molecule has 1 fully saturated rings. The first-order chi connectivity index (χ1) is 11.7. The average molecular weight is 366 g/mol. The molecule has 1 N–H and O–H groups in total. The van der Waals surface area contributed by atoms with Crippen LogP contribution in [0.4, 0.5) is 5.00 Å². The molecule has 0 radical (unpaired) electrons. The number of ether oxygens (including phenoxy) is 1. The maximum Gasteiger partial charge on any atom is 0.341 e. The lowest BCUT2D eigenvalue weighted by atomic mass is 9.79. The lowest BCUT2D eigenvalue weighted by molar-refractivity contribution is -0.313. The number of esters is 1. The predicted octanol–water partition coefficient (Wildman–Crippen LogP) is 2.42. The van der Waals surface area contributed by atoms with E-state index in [4.69, 9.17) is 4.74 Å². The zero-order chi connectivity index (χ0) is 18.7. The SMILES string of the molecule is Cc1sc(NC(=O)[C@H]2CCCC[C@@H]2C(=O)[O-])c(C(=O)OC(C)C)c1C. The van der Waals surface area contributed by atoms with Gasteiger partial charge in [-0.2, -0.15) is 0 Å². The number of aryl methyl sites for hydroxylation is 1. The largest absolute Gasteiger partial charge is 0.550 e. The van der Waals surface area contributed by atoms with Crippen LogP contribution in [-0.4, -0.2) is 23.9 Å². The molecule has 1 heterocycles. The Morgan fingerprint density at radius 2 is 1.76 bits per heavy atom. The van der Waals surface area contributed by atoms with Gasteiger partial charge in [0.15, 0.2) is 0 Å². The maximum atomic E-state index is 12.7. The molecule has 1 aliphatic rings. The molecule has 1 saturated carbocycles. The Hall–Kier alpha value is -1.89. The Bertz CT molecular complexity index is 679. The molecule has 0 spiro atoms. The highest BCUT2D eigenvalue weighted by molar-refractivity contribution is 7.16. The van der Waals surface area contributed by atoms with E-state index in [2.05, 4.69) is 5.32 Å². The molecule has 1 amide bonds. The van der Waals surface area contributed by atoms with Crippen molar-refractivity contribution in [2.45, 2.75) is 59.5 Å². The Balaban J connectivity index is 2.24. The van der Waals surface area contributed by atoms with Crippen LogP contribution in [0, 0.1) is 25.7 Å². The summed E-state index contributed by atoms with van der Waals surface area (Å²) in [6.45, 7) is 7.20. The number of rotatable bonds is 5. The highest BCUT2D eigenvalue weighted by Gasteiger charge is 2.33. The van der Waals surface area contributed by atoms with Crippen LogP contribution in [0.5, 0.6) is 0 Å². The van der Waals surface area contributed by atoms with Crippen LogP contribution in [0.2, 0.25) is 0 Å². The minimum absolute atomic E-state index is 0.267. The zero-order valence-corrected chi connectivity index (χ0v) is 15.8. The molecule has 2 atom stereocenters. The van der Waals surface area contributed by atoms with Crippen molar-refractivity contribution in [3.8, 4) is 0 Å². The van der Waals surface area contributed by atoms with Crippen LogP contribution in [0.1, 0.15) is 60.3 Å². The van der Waals surface area contributed by atoms with Crippen molar-refractivity contribution in [2.75, 3.05) is 5.32 Å². The highest BCUT2D eigenvalue weighted by atomic mass is 32.1. The van der Waals surface area contributed by atoms with Gasteiger partial charge < -0.3 is 20.0 Å².